The number of amides is 2. The molecule has 1 saturated heterocycles. The van der Waals surface area contributed by atoms with E-state index in [1.807, 2.05) is 0 Å². The molecule has 0 bridgehead atoms. The van der Waals surface area contributed by atoms with E-state index in [2.05, 4.69) is 15.9 Å². The molecule has 22 heavy (non-hydrogen) atoms. The maximum atomic E-state index is 12.5. The number of halogens is 2. The molecule has 2 aliphatic heterocycles. The van der Waals surface area contributed by atoms with Gasteiger partial charge in [0, 0.05) is 43.2 Å². The van der Waals surface area contributed by atoms with Crippen LogP contribution in [-0.2, 0) is 11.2 Å². The summed E-state index contributed by atoms with van der Waals surface area (Å²) in [5.74, 6) is 0.552. The van der Waals surface area contributed by atoms with E-state index in [1.54, 1.807) is 17.0 Å². The summed E-state index contributed by atoms with van der Waals surface area (Å²) in [7, 11) is 0. The predicted octanol–water partition coefficient (Wildman–Crippen LogP) is 2.23. The summed E-state index contributed by atoms with van der Waals surface area (Å²) < 4.78 is 6.49. The SMILES string of the molecule is O=C(O)N1CCN(C(=O)[C@H]2Cc3cc(Cl)cc(Br)c3O2)CC1. The lowest BCUT2D eigenvalue weighted by atomic mass is 10.1. The van der Waals surface area contributed by atoms with Crippen LogP contribution < -0.4 is 4.74 Å². The zero-order chi connectivity index (χ0) is 15.9. The minimum Gasteiger partial charge on any atom is -0.479 e. The fourth-order valence-corrected chi connectivity index (χ4v) is 3.71. The predicted molar refractivity (Wildman–Crippen MR) is 83.4 cm³/mol. The van der Waals surface area contributed by atoms with Crippen LogP contribution in [0.5, 0.6) is 5.75 Å². The van der Waals surface area contributed by atoms with Crippen molar-refractivity contribution >= 4 is 39.5 Å². The van der Waals surface area contributed by atoms with E-state index < -0.39 is 12.2 Å². The molecule has 8 heteroatoms. The highest BCUT2D eigenvalue weighted by molar-refractivity contribution is 9.10. The fraction of sp³-hybridized carbons (Fsp3) is 0.429. The second-order valence-corrected chi connectivity index (χ2v) is 6.57. The molecule has 1 aromatic rings. The zero-order valence-corrected chi connectivity index (χ0v) is 13.9. The third kappa shape index (κ3) is 2.87. The monoisotopic (exact) mass is 388 g/mol. The van der Waals surface area contributed by atoms with Gasteiger partial charge in [-0.2, -0.15) is 0 Å². The minimum absolute atomic E-state index is 0.107. The Morgan fingerprint density at radius 3 is 2.50 bits per heavy atom. The lowest BCUT2D eigenvalue weighted by molar-refractivity contribution is -0.139. The first-order valence-corrected chi connectivity index (χ1v) is 8.04. The minimum atomic E-state index is -0.949. The summed E-state index contributed by atoms with van der Waals surface area (Å²) in [5, 5.41) is 9.52. The average molecular weight is 390 g/mol. The number of benzene rings is 1. The maximum Gasteiger partial charge on any atom is 0.407 e. The third-order valence-corrected chi connectivity index (χ3v) is 4.70. The van der Waals surface area contributed by atoms with Crippen molar-refractivity contribution in [2.24, 2.45) is 0 Å². The summed E-state index contributed by atoms with van der Waals surface area (Å²) in [4.78, 5) is 26.4. The van der Waals surface area contributed by atoms with Gasteiger partial charge in [0.1, 0.15) is 5.75 Å². The van der Waals surface area contributed by atoms with Crippen LogP contribution in [0.4, 0.5) is 4.79 Å². The van der Waals surface area contributed by atoms with E-state index in [9.17, 15) is 9.59 Å². The van der Waals surface area contributed by atoms with Crippen molar-refractivity contribution in [3.63, 3.8) is 0 Å². The number of ether oxygens (including phenoxy) is 1. The molecule has 0 radical (unpaired) electrons. The van der Waals surface area contributed by atoms with Crippen LogP contribution in [0, 0.1) is 0 Å². The Hall–Kier alpha value is -1.47. The second kappa shape index (κ2) is 5.96. The van der Waals surface area contributed by atoms with Gasteiger partial charge in [-0.15, -0.1) is 0 Å². The Balaban J connectivity index is 1.66. The van der Waals surface area contributed by atoms with Gasteiger partial charge in [0.15, 0.2) is 6.10 Å². The first-order valence-electron chi connectivity index (χ1n) is 6.87. The molecule has 0 aliphatic carbocycles. The molecular weight excluding hydrogens is 376 g/mol. The van der Waals surface area contributed by atoms with Crippen LogP contribution in [0.2, 0.25) is 5.02 Å². The van der Waals surface area contributed by atoms with Gasteiger partial charge in [-0.25, -0.2) is 4.79 Å². The Labute approximate surface area is 140 Å². The van der Waals surface area contributed by atoms with E-state index >= 15 is 0 Å². The molecule has 1 aromatic carbocycles. The van der Waals surface area contributed by atoms with Crippen molar-refractivity contribution in [1.29, 1.82) is 0 Å². The summed E-state index contributed by atoms with van der Waals surface area (Å²) in [5.41, 5.74) is 0.905. The molecule has 1 fully saturated rings. The topological polar surface area (TPSA) is 70.1 Å². The van der Waals surface area contributed by atoms with Gasteiger partial charge < -0.3 is 19.6 Å². The zero-order valence-electron chi connectivity index (χ0n) is 11.6. The molecule has 0 saturated carbocycles. The average Bonchev–Trinajstić information content (AvgIpc) is 2.90. The first kappa shape index (κ1) is 15.4. The lowest BCUT2D eigenvalue weighted by Gasteiger charge is -2.34. The Morgan fingerprint density at radius 1 is 1.23 bits per heavy atom. The van der Waals surface area contributed by atoms with Crippen LogP contribution in [-0.4, -0.2) is 59.2 Å². The molecule has 2 amide bonds. The molecule has 2 heterocycles. The molecule has 2 aliphatic rings. The highest BCUT2D eigenvalue weighted by atomic mass is 79.9. The number of rotatable bonds is 1. The number of piperazine rings is 1. The standard InChI is InChI=1S/C14H14BrClN2O4/c15-10-7-9(16)5-8-6-11(22-12(8)10)13(19)17-1-3-18(4-2-17)14(20)21/h5,7,11H,1-4,6H2,(H,20,21)/t11-/m1/s1. The third-order valence-electron chi connectivity index (χ3n) is 3.89. The van der Waals surface area contributed by atoms with E-state index in [0.29, 0.717) is 43.4 Å². The van der Waals surface area contributed by atoms with Gasteiger partial charge in [-0.1, -0.05) is 11.6 Å². The second-order valence-electron chi connectivity index (χ2n) is 5.28. The fourth-order valence-electron chi connectivity index (χ4n) is 2.74. The van der Waals surface area contributed by atoms with Crippen molar-refractivity contribution in [3.8, 4) is 5.75 Å². The van der Waals surface area contributed by atoms with Gasteiger partial charge in [0.2, 0.25) is 0 Å². The Kier molecular flexibility index (Phi) is 4.18. The van der Waals surface area contributed by atoms with Gasteiger partial charge >= 0.3 is 6.09 Å². The van der Waals surface area contributed by atoms with Crippen LogP contribution in [0.15, 0.2) is 16.6 Å². The highest BCUT2D eigenvalue weighted by Gasteiger charge is 2.35. The van der Waals surface area contributed by atoms with Crippen molar-refractivity contribution in [2.45, 2.75) is 12.5 Å². The van der Waals surface area contributed by atoms with Crippen LogP contribution in [0.25, 0.3) is 0 Å². The van der Waals surface area contributed by atoms with Crippen molar-refractivity contribution in [3.05, 3.63) is 27.2 Å². The summed E-state index contributed by atoms with van der Waals surface area (Å²) in [6.45, 7) is 1.44. The largest absolute Gasteiger partial charge is 0.479 e. The van der Waals surface area contributed by atoms with Crippen molar-refractivity contribution in [1.82, 2.24) is 9.80 Å². The molecule has 1 atom stereocenters. The van der Waals surface area contributed by atoms with E-state index in [-0.39, 0.29) is 5.91 Å². The van der Waals surface area contributed by atoms with Gasteiger partial charge in [0.05, 0.1) is 4.47 Å². The molecule has 0 unspecified atom stereocenters. The van der Waals surface area contributed by atoms with E-state index in [1.165, 1.54) is 4.90 Å². The van der Waals surface area contributed by atoms with Crippen molar-refractivity contribution in [2.75, 3.05) is 26.2 Å². The quantitative estimate of drug-likeness (QED) is 0.800. The Morgan fingerprint density at radius 2 is 1.86 bits per heavy atom. The van der Waals surface area contributed by atoms with Crippen LogP contribution >= 0.6 is 27.5 Å². The molecule has 6 nitrogen and oxygen atoms in total. The van der Waals surface area contributed by atoms with Crippen LogP contribution in [0.1, 0.15) is 5.56 Å². The highest BCUT2D eigenvalue weighted by Crippen LogP contribution is 2.38. The summed E-state index contributed by atoms with van der Waals surface area (Å²) in [6, 6.07) is 3.54. The smallest absolute Gasteiger partial charge is 0.407 e. The normalized spacial score (nSPS) is 20.5. The number of nitrogens with zero attached hydrogens (tertiary/aromatic N) is 2. The molecular formula is C14H14BrClN2O4. The number of carbonyl (C=O) groups is 2. The molecule has 0 spiro atoms. The van der Waals surface area contributed by atoms with Crippen LogP contribution in [0.3, 0.4) is 0 Å². The number of hydrogen-bond donors (Lipinski definition) is 1. The summed E-state index contributed by atoms with van der Waals surface area (Å²) in [6.07, 6.45) is -1.04. The van der Waals surface area contributed by atoms with Gasteiger partial charge in [-0.05, 0) is 28.1 Å². The number of hydrogen-bond acceptors (Lipinski definition) is 3. The van der Waals surface area contributed by atoms with E-state index in [0.717, 1.165) is 10.0 Å². The molecule has 1 N–H and O–H groups in total. The number of carboxylic acid groups (broad SMARTS) is 1. The lowest BCUT2D eigenvalue weighted by Crippen LogP contribution is -2.53. The summed E-state index contributed by atoms with van der Waals surface area (Å²) >= 11 is 9.40. The number of carbonyl (C=O) groups excluding carboxylic acids is 1. The molecule has 3 rings (SSSR count). The molecule has 0 aromatic heterocycles. The number of fused-ring (bicyclic) bond motifs is 1. The van der Waals surface area contributed by atoms with Gasteiger partial charge in [-0.3, -0.25) is 4.79 Å². The van der Waals surface area contributed by atoms with Gasteiger partial charge in [0.25, 0.3) is 5.91 Å². The Bertz CT molecular complexity index is 632. The van der Waals surface area contributed by atoms with E-state index in [4.69, 9.17) is 21.4 Å². The van der Waals surface area contributed by atoms with Crippen molar-refractivity contribution < 1.29 is 19.4 Å². The maximum absolute atomic E-state index is 12.5. The first-order chi connectivity index (χ1) is 10.5. The molecule has 118 valence electrons.